The van der Waals surface area contributed by atoms with Gasteiger partial charge in [-0.1, -0.05) is 38.0 Å². The Balaban J connectivity index is 2.06. The normalized spacial score (nSPS) is 23.3. The van der Waals surface area contributed by atoms with Gasteiger partial charge in [0.25, 0.3) is 0 Å². The van der Waals surface area contributed by atoms with Gasteiger partial charge in [0, 0.05) is 11.8 Å². The Hall–Kier alpha value is -1.18. The number of anilines is 1. The minimum Gasteiger partial charge on any atom is -0.300 e. The fourth-order valence-electron chi connectivity index (χ4n) is 2.55. The standard InChI is InChI=1S/C13H18F3N3OS/c1-7(2)11-18-19-12(21-11)17-10(20)8-5-3-4-6-9(8)13(14,15)16/h7-9H,3-6H2,1-2H3,(H,17,19,20)/t8-,9+/m1/s1. The molecule has 1 aromatic heterocycles. The first-order valence-electron chi connectivity index (χ1n) is 7.00. The molecule has 1 amide bonds. The van der Waals surface area contributed by atoms with E-state index in [1.807, 2.05) is 13.8 Å². The highest BCUT2D eigenvalue weighted by atomic mass is 32.1. The van der Waals surface area contributed by atoms with E-state index in [9.17, 15) is 18.0 Å². The molecule has 2 rings (SSSR count). The van der Waals surface area contributed by atoms with Gasteiger partial charge in [-0.2, -0.15) is 13.2 Å². The molecule has 0 aliphatic heterocycles. The number of carbonyl (C=O) groups excluding carboxylic acids is 1. The molecule has 1 fully saturated rings. The molecule has 0 radical (unpaired) electrons. The molecule has 8 heteroatoms. The maximum atomic E-state index is 13.0. The van der Waals surface area contributed by atoms with Crippen LogP contribution in [0, 0.1) is 11.8 Å². The SMILES string of the molecule is CC(C)c1nnc(NC(=O)[C@@H]2CCCC[C@@H]2C(F)(F)F)s1. The summed E-state index contributed by atoms with van der Waals surface area (Å²) in [6.45, 7) is 3.87. The fourth-order valence-corrected chi connectivity index (χ4v) is 3.30. The maximum Gasteiger partial charge on any atom is 0.392 e. The van der Waals surface area contributed by atoms with E-state index in [1.54, 1.807) is 0 Å². The van der Waals surface area contributed by atoms with Crippen molar-refractivity contribution in [3.8, 4) is 0 Å². The van der Waals surface area contributed by atoms with E-state index in [-0.39, 0.29) is 23.9 Å². The van der Waals surface area contributed by atoms with Gasteiger partial charge < -0.3 is 5.32 Å². The molecule has 4 nitrogen and oxygen atoms in total. The van der Waals surface area contributed by atoms with Crippen molar-refractivity contribution >= 4 is 22.4 Å². The Morgan fingerprint density at radius 2 is 1.95 bits per heavy atom. The van der Waals surface area contributed by atoms with E-state index in [0.717, 1.165) is 5.01 Å². The van der Waals surface area contributed by atoms with Crippen LogP contribution in [0.3, 0.4) is 0 Å². The lowest BCUT2D eigenvalue weighted by Gasteiger charge is -2.31. The molecule has 2 atom stereocenters. The minimum absolute atomic E-state index is 0.0228. The van der Waals surface area contributed by atoms with E-state index < -0.39 is 23.9 Å². The number of hydrogen-bond acceptors (Lipinski definition) is 4. The molecule has 1 saturated carbocycles. The van der Waals surface area contributed by atoms with Crippen molar-refractivity contribution in [2.45, 2.75) is 51.6 Å². The lowest BCUT2D eigenvalue weighted by Crippen LogP contribution is -2.39. The highest BCUT2D eigenvalue weighted by Gasteiger charge is 2.48. The summed E-state index contributed by atoms with van der Waals surface area (Å²) in [4.78, 5) is 12.1. The van der Waals surface area contributed by atoms with Crippen LogP contribution in [0.25, 0.3) is 0 Å². The third-order valence-corrected chi connectivity index (χ3v) is 4.83. The van der Waals surface area contributed by atoms with Crippen molar-refractivity contribution in [3.63, 3.8) is 0 Å². The van der Waals surface area contributed by atoms with E-state index in [0.29, 0.717) is 12.8 Å². The van der Waals surface area contributed by atoms with Crippen LogP contribution in [0.4, 0.5) is 18.3 Å². The number of nitrogens with zero attached hydrogens (tertiary/aromatic N) is 2. The third-order valence-electron chi connectivity index (χ3n) is 3.69. The van der Waals surface area contributed by atoms with Gasteiger partial charge in [-0.15, -0.1) is 10.2 Å². The van der Waals surface area contributed by atoms with Gasteiger partial charge in [-0.3, -0.25) is 4.79 Å². The summed E-state index contributed by atoms with van der Waals surface area (Å²) in [6, 6.07) is 0. The third kappa shape index (κ3) is 3.93. The number of halogens is 3. The van der Waals surface area contributed by atoms with Crippen molar-refractivity contribution in [1.29, 1.82) is 0 Å². The number of hydrogen-bond donors (Lipinski definition) is 1. The molecule has 1 aliphatic carbocycles. The Kier molecular flexibility index (Phi) is 4.85. The minimum atomic E-state index is -4.33. The number of alkyl halides is 3. The molecule has 0 aromatic carbocycles. The Labute approximate surface area is 125 Å². The van der Waals surface area contributed by atoms with Crippen molar-refractivity contribution in [2.24, 2.45) is 11.8 Å². The van der Waals surface area contributed by atoms with Gasteiger partial charge in [0.1, 0.15) is 5.01 Å². The summed E-state index contributed by atoms with van der Waals surface area (Å²) in [5.41, 5.74) is 0. The number of rotatable bonds is 3. The smallest absolute Gasteiger partial charge is 0.300 e. The van der Waals surface area contributed by atoms with Gasteiger partial charge in [-0.25, -0.2) is 0 Å². The second kappa shape index (κ2) is 6.29. The van der Waals surface area contributed by atoms with Gasteiger partial charge in [0.15, 0.2) is 0 Å². The van der Waals surface area contributed by atoms with Crippen molar-refractivity contribution < 1.29 is 18.0 Å². The molecule has 1 heterocycles. The van der Waals surface area contributed by atoms with Crippen LogP contribution in [-0.4, -0.2) is 22.3 Å². The number of nitrogens with one attached hydrogen (secondary N) is 1. The predicted octanol–water partition coefficient (Wildman–Crippen LogP) is 3.97. The summed E-state index contributed by atoms with van der Waals surface area (Å²) in [5.74, 6) is -3.00. The van der Waals surface area contributed by atoms with E-state index in [4.69, 9.17) is 0 Å². The van der Waals surface area contributed by atoms with E-state index >= 15 is 0 Å². The van der Waals surface area contributed by atoms with Crippen LogP contribution in [0.1, 0.15) is 50.5 Å². The van der Waals surface area contributed by atoms with Crippen LogP contribution in [-0.2, 0) is 4.79 Å². The zero-order chi connectivity index (χ0) is 15.6. The molecule has 1 aromatic rings. The van der Waals surface area contributed by atoms with E-state index in [2.05, 4.69) is 15.5 Å². The van der Waals surface area contributed by atoms with Gasteiger partial charge in [0.2, 0.25) is 11.0 Å². The first-order valence-corrected chi connectivity index (χ1v) is 7.81. The van der Waals surface area contributed by atoms with Crippen LogP contribution < -0.4 is 5.32 Å². The van der Waals surface area contributed by atoms with E-state index in [1.165, 1.54) is 11.3 Å². The summed E-state index contributed by atoms with van der Waals surface area (Å²) >= 11 is 1.21. The second-order valence-electron chi connectivity index (χ2n) is 5.63. The highest BCUT2D eigenvalue weighted by molar-refractivity contribution is 7.15. The molecular weight excluding hydrogens is 303 g/mol. The molecule has 0 spiro atoms. The van der Waals surface area contributed by atoms with Gasteiger partial charge in [0.05, 0.1) is 5.92 Å². The predicted molar refractivity (Wildman–Crippen MR) is 74.1 cm³/mol. The monoisotopic (exact) mass is 321 g/mol. The quantitative estimate of drug-likeness (QED) is 0.916. The zero-order valence-corrected chi connectivity index (χ0v) is 12.7. The number of carbonyl (C=O) groups is 1. The first kappa shape index (κ1) is 16.2. The average Bonchev–Trinajstić information content (AvgIpc) is 2.86. The molecule has 21 heavy (non-hydrogen) atoms. The molecule has 0 saturated heterocycles. The van der Waals surface area contributed by atoms with Crippen molar-refractivity contribution in [3.05, 3.63) is 5.01 Å². The van der Waals surface area contributed by atoms with Crippen LogP contribution in [0.5, 0.6) is 0 Å². The Morgan fingerprint density at radius 1 is 1.29 bits per heavy atom. The summed E-state index contributed by atoms with van der Waals surface area (Å²) in [6.07, 6.45) is -2.87. The molecule has 1 N–H and O–H groups in total. The lowest BCUT2D eigenvalue weighted by atomic mass is 9.78. The molecule has 0 bridgehead atoms. The molecule has 1 aliphatic rings. The summed E-state index contributed by atoms with van der Waals surface area (Å²) in [7, 11) is 0. The van der Waals surface area contributed by atoms with Gasteiger partial charge in [-0.05, 0) is 12.8 Å². The number of aromatic nitrogens is 2. The second-order valence-corrected chi connectivity index (χ2v) is 6.64. The fraction of sp³-hybridized carbons (Fsp3) is 0.769. The number of amides is 1. The molecular formula is C13H18F3N3OS. The molecule has 0 unspecified atom stereocenters. The van der Waals surface area contributed by atoms with Crippen LogP contribution >= 0.6 is 11.3 Å². The first-order chi connectivity index (χ1) is 9.79. The Bertz CT molecular complexity index is 501. The Morgan fingerprint density at radius 3 is 2.52 bits per heavy atom. The summed E-state index contributed by atoms with van der Waals surface area (Å²) < 4.78 is 39.0. The van der Waals surface area contributed by atoms with Crippen LogP contribution in [0.15, 0.2) is 0 Å². The lowest BCUT2D eigenvalue weighted by molar-refractivity contribution is -0.197. The average molecular weight is 321 g/mol. The van der Waals surface area contributed by atoms with Crippen molar-refractivity contribution in [2.75, 3.05) is 5.32 Å². The maximum absolute atomic E-state index is 13.0. The summed E-state index contributed by atoms with van der Waals surface area (Å²) in [5, 5.41) is 11.2. The molecule has 118 valence electrons. The zero-order valence-electron chi connectivity index (χ0n) is 11.9. The topological polar surface area (TPSA) is 54.9 Å². The van der Waals surface area contributed by atoms with Crippen LogP contribution in [0.2, 0.25) is 0 Å². The van der Waals surface area contributed by atoms with Crippen molar-refractivity contribution in [1.82, 2.24) is 10.2 Å². The largest absolute Gasteiger partial charge is 0.392 e. The van der Waals surface area contributed by atoms with Gasteiger partial charge >= 0.3 is 6.18 Å². The highest BCUT2D eigenvalue weighted by Crippen LogP contribution is 2.42.